The Morgan fingerprint density at radius 2 is 2.00 bits per heavy atom. The molecular formula is C24H30N6O3. The molecule has 9 nitrogen and oxygen atoms in total. The van der Waals surface area contributed by atoms with Crippen LogP contribution >= 0.6 is 0 Å². The van der Waals surface area contributed by atoms with Crippen LogP contribution in [0.4, 0.5) is 0 Å². The van der Waals surface area contributed by atoms with E-state index >= 15 is 0 Å². The maximum Gasteiger partial charge on any atom is 0.240 e. The highest BCUT2D eigenvalue weighted by atomic mass is 16.3. The van der Waals surface area contributed by atoms with Crippen molar-refractivity contribution in [1.82, 2.24) is 25.4 Å². The summed E-state index contributed by atoms with van der Waals surface area (Å²) >= 11 is 0. The number of phenols is 1. The number of aryl methyl sites for hydroxylation is 1. The Balaban J connectivity index is 1.57. The van der Waals surface area contributed by atoms with Gasteiger partial charge < -0.3 is 21.5 Å². The van der Waals surface area contributed by atoms with Gasteiger partial charge >= 0.3 is 0 Å². The second-order valence-electron chi connectivity index (χ2n) is 7.84. The molecule has 0 saturated carbocycles. The van der Waals surface area contributed by atoms with Gasteiger partial charge in [-0.15, -0.1) is 0 Å². The number of aromatic hydroxyl groups is 1. The standard InChI is InChI=1S/C24H30N6O3/c1-2-3-11-30-19(13-21(29-30)18-5-4-10-26-14-18)15-27-16-23(32)28-22(24(25)33)12-17-6-8-20(31)9-7-17/h4-10,13-14,22,27,31H,2-3,11-12,15-16H2,1H3,(H2,25,33)(H,28,32). The van der Waals surface area contributed by atoms with Crippen LogP contribution in [-0.4, -0.2) is 44.3 Å². The molecule has 3 rings (SSSR count). The molecule has 0 spiro atoms. The van der Waals surface area contributed by atoms with Crippen molar-refractivity contribution in [2.45, 2.75) is 45.3 Å². The number of hydrogen-bond acceptors (Lipinski definition) is 6. The minimum atomic E-state index is -0.837. The number of carbonyl (C=O) groups excluding carboxylic acids is 2. The van der Waals surface area contributed by atoms with Crippen LogP contribution in [0.2, 0.25) is 0 Å². The van der Waals surface area contributed by atoms with Crippen molar-refractivity contribution in [1.29, 1.82) is 0 Å². The lowest BCUT2D eigenvalue weighted by molar-refractivity contribution is -0.126. The van der Waals surface area contributed by atoms with Crippen molar-refractivity contribution in [2.75, 3.05) is 6.54 Å². The van der Waals surface area contributed by atoms with Crippen molar-refractivity contribution in [2.24, 2.45) is 5.73 Å². The number of nitrogens with one attached hydrogen (secondary N) is 2. The van der Waals surface area contributed by atoms with Gasteiger partial charge in [-0.3, -0.25) is 19.3 Å². The van der Waals surface area contributed by atoms with Crippen LogP contribution in [-0.2, 0) is 29.1 Å². The maximum atomic E-state index is 12.4. The first kappa shape index (κ1) is 23.9. The van der Waals surface area contributed by atoms with Gasteiger partial charge in [-0.2, -0.15) is 5.10 Å². The number of benzene rings is 1. The number of aromatic nitrogens is 3. The Morgan fingerprint density at radius 1 is 1.21 bits per heavy atom. The fraction of sp³-hybridized carbons (Fsp3) is 0.333. The number of carbonyl (C=O) groups is 2. The summed E-state index contributed by atoms with van der Waals surface area (Å²) in [7, 11) is 0. The smallest absolute Gasteiger partial charge is 0.240 e. The largest absolute Gasteiger partial charge is 0.508 e. The quantitative estimate of drug-likeness (QED) is 0.332. The van der Waals surface area contributed by atoms with Gasteiger partial charge in [-0.1, -0.05) is 25.5 Å². The zero-order valence-corrected chi connectivity index (χ0v) is 18.7. The third-order valence-corrected chi connectivity index (χ3v) is 5.19. The highest BCUT2D eigenvalue weighted by molar-refractivity contribution is 5.87. The molecule has 0 fully saturated rings. The number of nitrogens with two attached hydrogens (primary N) is 1. The average molecular weight is 451 g/mol. The third kappa shape index (κ3) is 7.15. The fourth-order valence-corrected chi connectivity index (χ4v) is 3.39. The van der Waals surface area contributed by atoms with E-state index in [1.807, 2.05) is 22.9 Å². The molecule has 0 bridgehead atoms. The normalized spacial score (nSPS) is 11.8. The molecular weight excluding hydrogens is 420 g/mol. The van der Waals surface area contributed by atoms with E-state index in [0.717, 1.165) is 41.9 Å². The number of phenolic OH excluding ortho intramolecular Hbond substituents is 1. The van der Waals surface area contributed by atoms with Crippen molar-refractivity contribution >= 4 is 11.8 Å². The van der Waals surface area contributed by atoms with Gasteiger partial charge in [-0.25, -0.2) is 0 Å². The van der Waals surface area contributed by atoms with Gasteiger partial charge in [-0.05, 0) is 42.3 Å². The molecule has 2 aromatic heterocycles. The predicted octanol–water partition coefficient (Wildman–Crippen LogP) is 1.75. The monoisotopic (exact) mass is 450 g/mol. The second kappa shape index (κ2) is 11.8. The second-order valence-corrected chi connectivity index (χ2v) is 7.84. The summed E-state index contributed by atoms with van der Waals surface area (Å²) in [5.41, 5.74) is 8.99. The van der Waals surface area contributed by atoms with Crippen LogP contribution in [0.3, 0.4) is 0 Å². The van der Waals surface area contributed by atoms with E-state index in [2.05, 4.69) is 22.5 Å². The van der Waals surface area contributed by atoms with Crippen LogP contribution in [0.15, 0.2) is 54.9 Å². The van der Waals surface area contributed by atoms with E-state index in [4.69, 9.17) is 10.8 Å². The summed E-state index contributed by atoms with van der Waals surface area (Å²) in [6.07, 6.45) is 5.79. The van der Waals surface area contributed by atoms with Gasteiger partial charge in [0.1, 0.15) is 11.8 Å². The Hall–Kier alpha value is -3.72. The number of amides is 2. The highest BCUT2D eigenvalue weighted by Gasteiger charge is 2.19. The lowest BCUT2D eigenvalue weighted by Crippen LogP contribution is -2.48. The van der Waals surface area contributed by atoms with Crippen LogP contribution < -0.4 is 16.4 Å². The van der Waals surface area contributed by atoms with Crippen molar-refractivity contribution in [3.8, 4) is 17.0 Å². The molecule has 0 saturated heterocycles. The topological polar surface area (TPSA) is 135 Å². The van der Waals surface area contributed by atoms with Gasteiger partial charge in [0.15, 0.2) is 0 Å². The minimum absolute atomic E-state index is 0.0283. The van der Waals surface area contributed by atoms with E-state index < -0.39 is 11.9 Å². The Morgan fingerprint density at radius 3 is 2.67 bits per heavy atom. The molecule has 174 valence electrons. The average Bonchev–Trinajstić information content (AvgIpc) is 3.22. The molecule has 5 N–H and O–H groups in total. The Bertz CT molecular complexity index is 1050. The first-order valence-corrected chi connectivity index (χ1v) is 11.0. The summed E-state index contributed by atoms with van der Waals surface area (Å²) in [6, 6.07) is 11.4. The molecule has 0 aliphatic rings. The van der Waals surface area contributed by atoms with Gasteiger partial charge in [0.2, 0.25) is 11.8 Å². The zero-order valence-electron chi connectivity index (χ0n) is 18.7. The number of unbranched alkanes of at least 4 members (excludes halogenated alkanes) is 1. The van der Waals surface area contributed by atoms with Crippen molar-refractivity contribution in [3.05, 3.63) is 66.1 Å². The Labute approximate surface area is 193 Å². The predicted molar refractivity (Wildman–Crippen MR) is 125 cm³/mol. The molecule has 9 heteroatoms. The first-order valence-electron chi connectivity index (χ1n) is 11.0. The van der Waals surface area contributed by atoms with Crippen LogP contribution in [0.25, 0.3) is 11.3 Å². The fourth-order valence-electron chi connectivity index (χ4n) is 3.39. The summed E-state index contributed by atoms with van der Waals surface area (Å²) < 4.78 is 1.95. The molecule has 0 radical (unpaired) electrons. The highest BCUT2D eigenvalue weighted by Crippen LogP contribution is 2.18. The maximum absolute atomic E-state index is 12.4. The first-order chi connectivity index (χ1) is 16.0. The van der Waals surface area contributed by atoms with Crippen molar-refractivity contribution in [3.63, 3.8) is 0 Å². The van der Waals surface area contributed by atoms with E-state index in [9.17, 15) is 14.7 Å². The molecule has 2 heterocycles. The van der Waals surface area contributed by atoms with Gasteiger partial charge in [0.25, 0.3) is 0 Å². The lowest BCUT2D eigenvalue weighted by Gasteiger charge is -2.16. The van der Waals surface area contributed by atoms with E-state index in [0.29, 0.717) is 6.54 Å². The number of primary amides is 1. The summed E-state index contributed by atoms with van der Waals surface area (Å²) in [6.45, 7) is 3.39. The molecule has 0 aliphatic heterocycles. The van der Waals surface area contributed by atoms with E-state index in [1.54, 1.807) is 24.5 Å². The van der Waals surface area contributed by atoms with E-state index in [1.165, 1.54) is 12.1 Å². The molecule has 0 aliphatic carbocycles. The molecule has 1 atom stereocenters. The van der Waals surface area contributed by atoms with Crippen LogP contribution in [0, 0.1) is 0 Å². The SMILES string of the molecule is CCCCn1nc(-c2cccnc2)cc1CNCC(=O)NC(Cc1ccc(O)cc1)C(N)=O. The number of nitrogens with zero attached hydrogens (tertiary/aromatic N) is 3. The summed E-state index contributed by atoms with van der Waals surface area (Å²) in [5, 5.41) is 19.9. The molecule has 1 aromatic carbocycles. The van der Waals surface area contributed by atoms with Crippen LogP contribution in [0.1, 0.15) is 31.0 Å². The zero-order chi connectivity index (χ0) is 23.6. The minimum Gasteiger partial charge on any atom is -0.508 e. The molecule has 3 aromatic rings. The molecule has 33 heavy (non-hydrogen) atoms. The summed E-state index contributed by atoms with van der Waals surface area (Å²) in [4.78, 5) is 28.4. The number of rotatable bonds is 12. The molecule has 2 amide bonds. The van der Waals surface area contributed by atoms with Crippen LogP contribution in [0.5, 0.6) is 5.75 Å². The Kier molecular flexibility index (Phi) is 8.54. The number of pyridine rings is 1. The van der Waals surface area contributed by atoms with Gasteiger partial charge in [0, 0.05) is 37.5 Å². The van der Waals surface area contributed by atoms with E-state index in [-0.39, 0.29) is 24.6 Å². The van der Waals surface area contributed by atoms with Gasteiger partial charge in [0.05, 0.1) is 17.9 Å². The lowest BCUT2D eigenvalue weighted by atomic mass is 10.1. The summed E-state index contributed by atoms with van der Waals surface area (Å²) in [5.74, 6) is -0.813. The van der Waals surface area contributed by atoms with Crippen molar-refractivity contribution < 1.29 is 14.7 Å². The number of hydrogen-bond donors (Lipinski definition) is 4. The third-order valence-electron chi connectivity index (χ3n) is 5.19. The molecule has 1 unspecified atom stereocenters.